The van der Waals surface area contributed by atoms with E-state index >= 15 is 0 Å². The number of aryl methyl sites for hydroxylation is 1. The van der Waals surface area contributed by atoms with Gasteiger partial charge in [-0.15, -0.1) is 11.3 Å². The van der Waals surface area contributed by atoms with Crippen LogP contribution in [0.1, 0.15) is 78.9 Å². The van der Waals surface area contributed by atoms with E-state index in [-0.39, 0.29) is 17.2 Å². The van der Waals surface area contributed by atoms with Gasteiger partial charge < -0.3 is 14.3 Å². The number of aromatic hydroxyl groups is 1. The van der Waals surface area contributed by atoms with Gasteiger partial charge in [0.2, 0.25) is 0 Å². The number of nitrogens with one attached hydrogen (secondary N) is 1. The number of carbonyl (C=O) groups is 2. The molecule has 0 bridgehead atoms. The number of rotatable bonds is 12. The standard InChI is InChI=1S/C25H34N2O6S/c1-15(2)9-10-21-27-14-18(34-21)12-17(4)23(29)22-19(28)13-20(33-24(22)30)16(3)8-6-7-11-26-25(31)32-5/h7,11,13-17,28H,6,8-10,12H2,1-5H3,(H,26,31)/b11-7+. The summed E-state index contributed by atoms with van der Waals surface area (Å²) < 4.78 is 9.85. The molecule has 0 aliphatic carbocycles. The van der Waals surface area contributed by atoms with E-state index in [0.29, 0.717) is 30.9 Å². The van der Waals surface area contributed by atoms with Crippen molar-refractivity contribution in [3.63, 3.8) is 0 Å². The minimum Gasteiger partial charge on any atom is -0.507 e. The predicted octanol–water partition coefficient (Wildman–Crippen LogP) is 5.21. The number of ketones is 1. The first-order valence-corrected chi connectivity index (χ1v) is 12.3. The molecular formula is C25H34N2O6S. The molecule has 1 amide bonds. The number of aromatic nitrogens is 1. The lowest BCUT2D eigenvalue weighted by Gasteiger charge is -2.13. The lowest BCUT2D eigenvalue weighted by atomic mass is 9.95. The van der Waals surface area contributed by atoms with Crippen LogP contribution in [0.2, 0.25) is 0 Å². The van der Waals surface area contributed by atoms with Gasteiger partial charge in [0.25, 0.3) is 0 Å². The number of carbonyl (C=O) groups excluding carboxylic acids is 2. The number of nitrogens with zero attached hydrogens (tertiary/aromatic N) is 1. The molecule has 34 heavy (non-hydrogen) atoms. The maximum absolute atomic E-state index is 12.9. The summed E-state index contributed by atoms with van der Waals surface area (Å²) in [5, 5.41) is 13.9. The number of allylic oxidation sites excluding steroid dienone is 1. The number of alkyl carbamates (subject to hydrolysis) is 1. The monoisotopic (exact) mass is 490 g/mol. The van der Waals surface area contributed by atoms with Crippen LogP contribution in [-0.2, 0) is 17.6 Å². The summed E-state index contributed by atoms with van der Waals surface area (Å²) in [7, 11) is 1.28. The molecule has 2 aromatic rings. The predicted molar refractivity (Wildman–Crippen MR) is 131 cm³/mol. The minimum absolute atomic E-state index is 0.176. The molecule has 2 heterocycles. The van der Waals surface area contributed by atoms with E-state index in [9.17, 15) is 19.5 Å². The summed E-state index contributed by atoms with van der Waals surface area (Å²) in [4.78, 5) is 41.9. The molecule has 0 fully saturated rings. The zero-order valence-electron chi connectivity index (χ0n) is 20.4. The summed E-state index contributed by atoms with van der Waals surface area (Å²) in [5.41, 5.74) is -1.14. The molecule has 8 nitrogen and oxygen atoms in total. The van der Waals surface area contributed by atoms with Crippen LogP contribution in [0.3, 0.4) is 0 Å². The Morgan fingerprint density at radius 1 is 1.26 bits per heavy atom. The third kappa shape index (κ3) is 8.13. The number of methoxy groups -OCH3 is 1. The summed E-state index contributed by atoms with van der Waals surface area (Å²) in [6.07, 6.45) is 8.07. The van der Waals surface area contributed by atoms with Crippen LogP contribution in [0.5, 0.6) is 5.75 Å². The van der Waals surface area contributed by atoms with Gasteiger partial charge in [0, 0.05) is 35.2 Å². The van der Waals surface area contributed by atoms with Gasteiger partial charge >= 0.3 is 11.7 Å². The average Bonchev–Trinajstić information content (AvgIpc) is 3.23. The molecule has 9 heteroatoms. The second kappa shape index (κ2) is 13.1. The Morgan fingerprint density at radius 2 is 2.00 bits per heavy atom. The van der Waals surface area contributed by atoms with E-state index in [1.807, 2.05) is 6.92 Å². The van der Waals surface area contributed by atoms with E-state index in [4.69, 9.17) is 4.42 Å². The van der Waals surface area contributed by atoms with Gasteiger partial charge in [-0.3, -0.25) is 10.1 Å². The van der Waals surface area contributed by atoms with Crippen LogP contribution >= 0.6 is 11.3 Å². The van der Waals surface area contributed by atoms with Crippen molar-refractivity contribution < 1.29 is 23.8 Å². The molecule has 2 aromatic heterocycles. The van der Waals surface area contributed by atoms with Crippen molar-refractivity contribution in [2.24, 2.45) is 11.8 Å². The molecule has 2 atom stereocenters. The third-order valence-corrected chi connectivity index (χ3v) is 6.52. The highest BCUT2D eigenvalue weighted by Crippen LogP contribution is 2.27. The molecule has 0 aliphatic rings. The molecule has 0 saturated carbocycles. The molecule has 2 unspecified atom stereocenters. The molecular weight excluding hydrogens is 456 g/mol. The van der Waals surface area contributed by atoms with Crippen LogP contribution in [0.25, 0.3) is 0 Å². The normalized spacial score (nSPS) is 13.2. The van der Waals surface area contributed by atoms with E-state index < -0.39 is 23.4 Å². The minimum atomic E-state index is -0.830. The number of hydrogen-bond acceptors (Lipinski definition) is 8. The maximum Gasteiger partial charge on any atom is 0.410 e. The Balaban J connectivity index is 2.01. The van der Waals surface area contributed by atoms with Crippen LogP contribution in [0.15, 0.2) is 33.8 Å². The highest BCUT2D eigenvalue weighted by Gasteiger charge is 2.25. The van der Waals surface area contributed by atoms with E-state index in [0.717, 1.165) is 22.7 Å². The average molecular weight is 491 g/mol. The van der Waals surface area contributed by atoms with Crippen molar-refractivity contribution in [3.8, 4) is 5.75 Å². The highest BCUT2D eigenvalue weighted by atomic mass is 32.1. The van der Waals surface area contributed by atoms with Crippen LogP contribution < -0.4 is 10.9 Å². The summed E-state index contributed by atoms with van der Waals surface area (Å²) in [6.45, 7) is 7.92. The van der Waals surface area contributed by atoms with Gasteiger partial charge in [0.1, 0.15) is 17.1 Å². The van der Waals surface area contributed by atoms with E-state index in [2.05, 4.69) is 28.9 Å². The highest BCUT2D eigenvalue weighted by molar-refractivity contribution is 7.11. The Morgan fingerprint density at radius 3 is 2.65 bits per heavy atom. The van der Waals surface area contributed by atoms with Gasteiger partial charge in [-0.1, -0.05) is 33.8 Å². The number of Topliss-reactive ketones (excluding diaryl/α,β-unsaturated/α-hetero) is 1. The van der Waals surface area contributed by atoms with Crippen molar-refractivity contribution in [2.45, 2.75) is 65.7 Å². The van der Waals surface area contributed by atoms with Crippen molar-refractivity contribution in [1.29, 1.82) is 0 Å². The zero-order chi connectivity index (χ0) is 25.3. The fourth-order valence-electron chi connectivity index (χ4n) is 3.34. The summed E-state index contributed by atoms with van der Waals surface area (Å²) >= 11 is 1.58. The zero-order valence-corrected chi connectivity index (χ0v) is 21.2. The van der Waals surface area contributed by atoms with E-state index in [1.54, 1.807) is 30.5 Å². The van der Waals surface area contributed by atoms with Crippen molar-refractivity contribution in [2.75, 3.05) is 7.11 Å². The quantitative estimate of drug-likeness (QED) is 0.392. The van der Waals surface area contributed by atoms with Crippen molar-refractivity contribution in [1.82, 2.24) is 10.3 Å². The summed E-state index contributed by atoms with van der Waals surface area (Å²) in [5.74, 6) is -0.578. The molecule has 186 valence electrons. The van der Waals surface area contributed by atoms with Gasteiger partial charge in [0.15, 0.2) is 5.78 Å². The number of hydrogen-bond donors (Lipinski definition) is 2. The van der Waals surface area contributed by atoms with Crippen LogP contribution in [0.4, 0.5) is 4.79 Å². The molecule has 0 saturated heterocycles. The van der Waals surface area contributed by atoms with Crippen LogP contribution in [-0.4, -0.2) is 29.1 Å². The molecule has 0 spiro atoms. The first kappa shape index (κ1) is 27.3. The van der Waals surface area contributed by atoms with Gasteiger partial charge in [-0.05, 0) is 38.0 Å². The molecule has 0 radical (unpaired) electrons. The molecule has 0 aliphatic heterocycles. The second-order valence-corrected chi connectivity index (χ2v) is 10.0. The topological polar surface area (TPSA) is 119 Å². The Hall–Kier alpha value is -2.94. The lowest BCUT2D eigenvalue weighted by Crippen LogP contribution is -2.22. The largest absolute Gasteiger partial charge is 0.507 e. The smallest absolute Gasteiger partial charge is 0.410 e. The maximum atomic E-state index is 12.9. The van der Waals surface area contributed by atoms with E-state index in [1.165, 1.54) is 19.4 Å². The molecule has 2 rings (SSSR count). The van der Waals surface area contributed by atoms with Crippen molar-refractivity contribution in [3.05, 3.63) is 56.2 Å². The third-order valence-electron chi connectivity index (χ3n) is 5.44. The lowest BCUT2D eigenvalue weighted by molar-refractivity contribution is 0.0922. The van der Waals surface area contributed by atoms with Gasteiger partial charge in [0.05, 0.1) is 12.1 Å². The Bertz CT molecular complexity index is 1060. The Labute approximate surface area is 204 Å². The molecule has 2 N–H and O–H groups in total. The second-order valence-electron chi connectivity index (χ2n) is 8.84. The Kier molecular flexibility index (Phi) is 10.5. The summed E-state index contributed by atoms with van der Waals surface area (Å²) in [6, 6.07) is 1.35. The first-order valence-electron chi connectivity index (χ1n) is 11.5. The SMILES string of the molecule is COC(=O)N/C=C/CCC(C)c1cc(O)c(C(=O)C(C)Cc2cnc(CCC(C)C)s2)c(=O)o1. The van der Waals surface area contributed by atoms with Crippen molar-refractivity contribution >= 4 is 23.2 Å². The van der Waals surface area contributed by atoms with Gasteiger partial charge in [-0.25, -0.2) is 14.6 Å². The first-order chi connectivity index (χ1) is 16.1. The number of amides is 1. The fourth-order valence-corrected chi connectivity index (χ4v) is 4.40. The number of thiazole rings is 1. The van der Waals surface area contributed by atoms with Gasteiger partial charge in [-0.2, -0.15) is 0 Å². The number of ether oxygens (including phenoxy) is 1. The van der Waals surface area contributed by atoms with Crippen LogP contribution in [0, 0.1) is 11.8 Å². The molecule has 0 aromatic carbocycles. The fraction of sp³-hybridized carbons (Fsp3) is 0.520.